The summed E-state index contributed by atoms with van der Waals surface area (Å²) in [5.74, 6) is -1.73. The van der Waals surface area contributed by atoms with E-state index in [9.17, 15) is 22.7 Å². The Morgan fingerprint density at radius 1 is 1.24 bits per heavy atom. The van der Waals surface area contributed by atoms with Gasteiger partial charge < -0.3 is 10.4 Å². The number of benzene rings is 1. The highest BCUT2D eigenvalue weighted by Gasteiger charge is 2.28. The quantitative estimate of drug-likeness (QED) is 0.578. The molecule has 9 nitrogen and oxygen atoms in total. The number of carbonyl (C=O) groups is 1. The van der Waals surface area contributed by atoms with E-state index in [0.717, 1.165) is 16.9 Å². The molecule has 0 bridgehead atoms. The van der Waals surface area contributed by atoms with Crippen LogP contribution in [0.3, 0.4) is 0 Å². The van der Waals surface area contributed by atoms with Crippen molar-refractivity contribution >= 4 is 33.1 Å². The molecular weight excluding hydrogens is 401 g/mol. The second-order valence-corrected chi connectivity index (χ2v) is 9.16. The molecule has 0 aliphatic heterocycles. The van der Waals surface area contributed by atoms with Crippen LogP contribution in [-0.4, -0.2) is 39.6 Å². The van der Waals surface area contributed by atoms with Gasteiger partial charge in [0.2, 0.25) is 10.0 Å². The Morgan fingerprint density at radius 2 is 1.93 bits per heavy atom. The summed E-state index contributed by atoms with van der Waals surface area (Å²) in [6, 6.07) is 3.96. The molecule has 3 N–H and O–H groups in total. The van der Waals surface area contributed by atoms with Crippen LogP contribution in [-0.2, 0) is 10.0 Å². The van der Waals surface area contributed by atoms with Gasteiger partial charge in [0.25, 0.3) is 0 Å². The minimum atomic E-state index is -3.96. The highest BCUT2D eigenvalue weighted by molar-refractivity contribution is 7.89. The van der Waals surface area contributed by atoms with Crippen molar-refractivity contribution in [3.8, 4) is 0 Å². The summed E-state index contributed by atoms with van der Waals surface area (Å²) in [5.41, 5.74) is -0.0404. The standard InChI is InChI=1S/C18H20FN5O4S/c1-10-7-11(19)5-6-13(10)22-15-12(17(25)26)8-20-16-14(9-21-24(15)16)29(27,28)23-18(2,3)4/h5-9,22-23H,1-4H3,(H,25,26). The molecule has 0 spiro atoms. The number of nitrogens with zero attached hydrogens (tertiary/aromatic N) is 3. The molecule has 1 aromatic carbocycles. The molecule has 0 atom stereocenters. The molecule has 0 radical (unpaired) electrons. The second kappa shape index (κ2) is 7.08. The topological polar surface area (TPSA) is 126 Å². The van der Waals surface area contributed by atoms with Crippen molar-refractivity contribution in [1.29, 1.82) is 0 Å². The van der Waals surface area contributed by atoms with Crippen molar-refractivity contribution in [2.24, 2.45) is 0 Å². The zero-order valence-electron chi connectivity index (χ0n) is 16.2. The SMILES string of the molecule is Cc1cc(F)ccc1Nc1c(C(=O)O)cnc2c(S(=O)(=O)NC(C)(C)C)cnn12. The fourth-order valence-electron chi connectivity index (χ4n) is 2.73. The van der Waals surface area contributed by atoms with Gasteiger partial charge >= 0.3 is 5.97 Å². The number of rotatable bonds is 5. The third-order valence-electron chi connectivity index (χ3n) is 3.90. The predicted octanol–water partition coefficient (Wildman–Crippen LogP) is 2.70. The molecule has 0 amide bonds. The lowest BCUT2D eigenvalue weighted by Crippen LogP contribution is -2.40. The number of aromatic carboxylic acids is 1. The fraction of sp³-hybridized carbons (Fsp3) is 0.278. The number of aryl methyl sites for hydroxylation is 1. The number of halogens is 1. The van der Waals surface area contributed by atoms with Crippen molar-refractivity contribution < 1.29 is 22.7 Å². The average molecular weight is 421 g/mol. The van der Waals surface area contributed by atoms with Gasteiger partial charge in [-0.2, -0.15) is 9.61 Å². The summed E-state index contributed by atoms with van der Waals surface area (Å²) in [6.45, 7) is 6.72. The number of aromatic nitrogens is 3. The van der Waals surface area contributed by atoms with Gasteiger partial charge in [-0.05, 0) is 51.5 Å². The summed E-state index contributed by atoms with van der Waals surface area (Å²) >= 11 is 0. The van der Waals surface area contributed by atoms with Gasteiger partial charge in [0.05, 0.1) is 6.20 Å². The molecule has 3 aromatic rings. The molecule has 11 heteroatoms. The van der Waals surface area contributed by atoms with Gasteiger partial charge in [-0.1, -0.05) is 0 Å². The number of sulfonamides is 1. The number of nitrogens with one attached hydrogen (secondary N) is 2. The Labute approximate surface area is 166 Å². The lowest BCUT2D eigenvalue weighted by atomic mass is 10.1. The van der Waals surface area contributed by atoms with Crippen molar-refractivity contribution in [3.05, 3.63) is 47.5 Å². The number of hydrogen-bond donors (Lipinski definition) is 3. The first-order valence-electron chi connectivity index (χ1n) is 8.56. The van der Waals surface area contributed by atoms with E-state index >= 15 is 0 Å². The van der Waals surface area contributed by atoms with Crippen LogP contribution in [0.5, 0.6) is 0 Å². The molecule has 2 heterocycles. The van der Waals surface area contributed by atoms with E-state index in [0.29, 0.717) is 11.3 Å². The molecule has 0 unspecified atom stereocenters. The predicted molar refractivity (Wildman–Crippen MR) is 104 cm³/mol. The Balaban J connectivity index is 2.19. The third-order valence-corrected chi connectivity index (χ3v) is 5.64. The van der Waals surface area contributed by atoms with Crippen molar-refractivity contribution in [1.82, 2.24) is 19.3 Å². The maximum Gasteiger partial charge on any atom is 0.341 e. The molecule has 2 aromatic heterocycles. The van der Waals surface area contributed by atoms with Gasteiger partial charge in [0, 0.05) is 17.4 Å². The number of anilines is 2. The number of carboxylic acids is 1. The van der Waals surface area contributed by atoms with Gasteiger partial charge in [0.1, 0.15) is 16.3 Å². The van der Waals surface area contributed by atoms with E-state index in [1.807, 2.05) is 0 Å². The number of hydrogen-bond acceptors (Lipinski definition) is 6. The van der Waals surface area contributed by atoms with Gasteiger partial charge in [-0.3, -0.25) is 0 Å². The van der Waals surface area contributed by atoms with Crippen LogP contribution in [0, 0.1) is 12.7 Å². The summed E-state index contributed by atoms with van der Waals surface area (Å²) in [7, 11) is -3.96. The van der Waals surface area contributed by atoms with Crippen molar-refractivity contribution in [2.75, 3.05) is 5.32 Å². The monoisotopic (exact) mass is 421 g/mol. The van der Waals surface area contributed by atoms with Crippen LogP contribution < -0.4 is 10.0 Å². The van der Waals surface area contributed by atoms with E-state index in [1.165, 1.54) is 18.2 Å². The van der Waals surface area contributed by atoms with Gasteiger partial charge in [-0.25, -0.2) is 27.3 Å². The Morgan fingerprint density at radius 3 is 2.52 bits per heavy atom. The molecule has 3 rings (SSSR count). The highest BCUT2D eigenvalue weighted by Crippen LogP contribution is 2.27. The molecule has 0 fully saturated rings. The van der Waals surface area contributed by atoms with Crippen LogP contribution >= 0.6 is 0 Å². The molecule has 0 aliphatic rings. The smallest absolute Gasteiger partial charge is 0.341 e. The van der Waals surface area contributed by atoms with E-state index in [1.54, 1.807) is 27.7 Å². The minimum Gasteiger partial charge on any atom is -0.477 e. The molecule has 29 heavy (non-hydrogen) atoms. The van der Waals surface area contributed by atoms with Crippen LogP contribution in [0.25, 0.3) is 5.65 Å². The van der Waals surface area contributed by atoms with Crippen LogP contribution in [0.4, 0.5) is 15.9 Å². The first-order chi connectivity index (χ1) is 13.4. The van der Waals surface area contributed by atoms with Crippen molar-refractivity contribution in [3.63, 3.8) is 0 Å². The summed E-state index contributed by atoms with van der Waals surface area (Å²) in [4.78, 5) is 15.5. The Hall–Kier alpha value is -3.05. The normalized spacial score (nSPS) is 12.3. The van der Waals surface area contributed by atoms with E-state index in [4.69, 9.17) is 0 Å². The first kappa shape index (κ1) is 20.7. The highest BCUT2D eigenvalue weighted by atomic mass is 32.2. The fourth-order valence-corrected chi connectivity index (χ4v) is 4.21. The zero-order chi connectivity index (χ0) is 21.6. The number of fused-ring (bicyclic) bond motifs is 1. The van der Waals surface area contributed by atoms with Crippen molar-refractivity contribution in [2.45, 2.75) is 38.1 Å². The lowest BCUT2D eigenvalue weighted by Gasteiger charge is -2.19. The maximum atomic E-state index is 13.4. The molecular formula is C18H20FN5O4S. The molecule has 154 valence electrons. The van der Waals surface area contributed by atoms with Gasteiger partial charge in [0.15, 0.2) is 11.5 Å². The molecule has 0 aliphatic carbocycles. The average Bonchev–Trinajstić information content (AvgIpc) is 3.00. The van der Waals surface area contributed by atoms with Crippen LogP contribution in [0.15, 0.2) is 35.5 Å². The first-order valence-corrected chi connectivity index (χ1v) is 10.0. The summed E-state index contributed by atoms with van der Waals surface area (Å²) in [5, 5.41) is 16.5. The van der Waals surface area contributed by atoms with Crippen LogP contribution in [0.2, 0.25) is 0 Å². The van der Waals surface area contributed by atoms with Crippen LogP contribution in [0.1, 0.15) is 36.7 Å². The number of carboxylic acid groups (broad SMARTS) is 1. The largest absolute Gasteiger partial charge is 0.477 e. The van der Waals surface area contributed by atoms with E-state index in [2.05, 4.69) is 20.1 Å². The minimum absolute atomic E-state index is 0.00517. The summed E-state index contributed by atoms with van der Waals surface area (Å²) < 4.78 is 42.4. The van der Waals surface area contributed by atoms with Gasteiger partial charge in [-0.15, -0.1) is 0 Å². The Kier molecular flexibility index (Phi) is 5.05. The zero-order valence-corrected chi connectivity index (χ0v) is 17.0. The lowest BCUT2D eigenvalue weighted by molar-refractivity contribution is 0.0697. The van der Waals surface area contributed by atoms with E-state index < -0.39 is 27.3 Å². The third kappa shape index (κ3) is 4.20. The second-order valence-electron chi connectivity index (χ2n) is 7.51. The summed E-state index contributed by atoms with van der Waals surface area (Å²) in [6.07, 6.45) is 2.15. The Bertz CT molecular complexity index is 1210. The van der Waals surface area contributed by atoms with E-state index in [-0.39, 0.29) is 21.9 Å². The maximum absolute atomic E-state index is 13.4. The molecule has 0 saturated carbocycles. The molecule has 0 saturated heterocycles.